The van der Waals surface area contributed by atoms with Gasteiger partial charge in [-0.2, -0.15) is 0 Å². The van der Waals surface area contributed by atoms with Crippen LogP contribution in [-0.2, 0) is 14.3 Å². The molecule has 0 fully saturated rings. The van der Waals surface area contributed by atoms with E-state index in [2.05, 4.69) is 50.3 Å². The Labute approximate surface area is 293 Å². The minimum atomic E-state index is -0.536. The van der Waals surface area contributed by atoms with Gasteiger partial charge in [-0.25, -0.2) is 0 Å². The molecule has 1 N–H and O–H groups in total. The average molecular weight is 661 g/mol. The van der Waals surface area contributed by atoms with Crippen LogP contribution >= 0.6 is 0 Å². The summed E-state index contributed by atoms with van der Waals surface area (Å²) < 4.78 is 11.1. The van der Waals surface area contributed by atoms with Crippen LogP contribution in [0.5, 0.6) is 0 Å². The van der Waals surface area contributed by atoms with Crippen molar-refractivity contribution in [3.8, 4) is 0 Å². The van der Waals surface area contributed by atoms with Crippen LogP contribution in [0.4, 0.5) is 0 Å². The molecule has 0 amide bonds. The van der Waals surface area contributed by atoms with Crippen LogP contribution in [-0.4, -0.2) is 37.0 Å². The first kappa shape index (κ1) is 45.6. The summed E-state index contributed by atoms with van der Waals surface area (Å²) in [5.41, 5.74) is 0. The SMILES string of the molecule is CCCCC/C=C\C/C=C\C/C=C\CCCCCCCCCOCC(CO)OC(=O)CCCCCCCCCCCCCCCCC. The lowest BCUT2D eigenvalue weighted by molar-refractivity contribution is -0.154. The van der Waals surface area contributed by atoms with Crippen LogP contribution in [0.25, 0.3) is 0 Å². The molecule has 4 heteroatoms. The van der Waals surface area contributed by atoms with E-state index in [1.165, 1.54) is 154 Å². The highest BCUT2D eigenvalue weighted by molar-refractivity contribution is 5.69. The Morgan fingerprint density at radius 2 is 0.894 bits per heavy atom. The normalized spacial score (nSPS) is 12.7. The van der Waals surface area contributed by atoms with Gasteiger partial charge in [0.2, 0.25) is 0 Å². The summed E-state index contributed by atoms with van der Waals surface area (Å²) in [5.74, 6) is -0.203. The topological polar surface area (TPSA) is 55.8 Å². The number of aliphatic hydroxyl groups is 1. The van der Waals surface area contributed by atoms with Crippen LogP contribution in [0.15, 0.2) is 36.5 Å². The number of unbranched alkanes of at least 4 members (excludes halogenated alkanes) is 24. The van der Waals surface area contributed by atoms with Crippen molar-refractivity contribution in [1.82, 2.24) is 0 Å². The number of hydrogen-bond acceptors (Lipinski definition) is 4. The number of ether oxygens (including phenoxy) is 2. The number of aliphatic hydroxyl groups excluding tert-OH is 1. The van der Waals surface area contributed by atoms with Gasteiger partial charge in [-0.1, -0.05) is 185 Å². The third-order valence-corrected chi connectivity index (χ3v) is 8.97. The van der Waals surface area contributed by atoms with Gasteiger partial charge < -0.3 is 14.6 Å². The van der Waals surface area contributed by atoms with E-state index >= 15 is 0 Å². The van der Waals surface area contributed by atoms with Crippen molar-refractivity contribution in [3.63, 3.8) is 0 Å². The molecule has 0 aromatic carbocycles. The lowest BCUT2D eigenvalue weighted by Crippen LogP contribution is -2.27. The lowest BCUT2D eigenvalue weighted by atomic mass is 10.0. The molecule has 4 nitrogen and oxygen atoms in total. The van der Waals surface area contributed by atoms with E-state index in [0.29, 0.717) is 19.6 Å². The average Bonchev–Trinajstić information content (AvgIpc) is 3.08. The first-order valence-electron chi connectivity index (χ1n) is 20.6. The zero-order chi connectivity index (χ0) is 34.1. The number of esters is 1. The van der Waals surface area contributed by atoms with E-state index in [0.717, 1.165) is 32.1 Å². The fourth-order valence-corrected chi connectivity index (χ4v) is 5.86. The van der Waals surface area contributed by atoms with Gasteiger partial charge in [0.15, 0.2) is 0 Å². The van der Waals surface area contributed by atoms with Crippen LogP contribution < -0.4 is 0 Å². The molecule has 47 heavy (non-hydrogen) atoms. The largest absolute Gasteiger partial charge is 0.457 e. The molecule has 1 unspecified atom stereocenters. The number of allylic oxidation sites excluding steroid dienone is 6. The quantitative estimate of drug-likeness (QED) is 0.0407. The summed E-state index contributed by atoms with van der Waals surface area (Å²) in [6, 6.07) is 0. The first-order valence-corrected chi connectivity index (χ1v) is 20.6. The Morgan fingerprint density at radius 3 is 1.38 bits per heavy atom. The van der Waals surface area contributed by atoms with Crippen LogP contribution in [0.1, 0.15) is 206 Å². The maximum atomic E-state index is 12.2. The highest BCUT2D eigenvalue weighted by Gasteiger charge is 2.13. The monoisotopic (exact) mass is 661 g/mol. The van der Waals surface area contributed by atoms with Gasteiger partial charge in [0.05, 0.1) is 13.2 Å². The molecule has 0 saturated carbocycles. The number of hydrogen-bond donors (Lipinski definition) is 1. The van der Waals surface area contributed by atoms with Crippen molar-refractivity contribution in [2.75, 3.05) is 19.8 Å². The Morgan fingerprint density at radius 1 is 0.511 bits per heavy atom. The molecule has 0 aliphatic carbocycles. The van der Waals surface area contributed by atoms with Crippen molar-refractivity contribution in [1.29, 1.82) is 0 Å². The molecule has 0 radical (unpaired) electrons. The summed E-state index contributed by atoms with van der Waals surface area (Å²) in [7, 11) is 0. The van der Waals surface area contributed by atoms with Crippen LogP contribution in [0.3, 0.4) is 0 Å². The summed E-state index contributed by atoms with van der Waals surface area (Å²) in [5, 5.41) is 9.58. The van der Waals surface area contributed by atoms with E-state index in [9.17, 15) is 9.90 Å². The molecular formula is C43H80O4. The second kappa shape index (κ2) is 40.8. The molecule has 0 heterocycles. The van der Waals surface area contributed by atoms with Crippen molar-refractivity contribution in [3.05, 3.63) is 36.5 Å². The maximum Gasteiger partial charge on any atom is 0.306 e. The van der Waals surface area contributed by atoms with Gasteiger partial charge in [-0.3, -0.25) is 4.79 Å². The first-order chi connectivity index (χ1) is 23.2. The van der Waals surface area contributed by atoms with Crippen molar-refractivity contribution in [2.24, 2.45) is 0 Å². The minimum absolute atomic E-state index is 0.173. The van der Waals surface area contributed by atoms with Gasteiger partial charge in [0.25, 0.3) is 0 Å². The maximum absolute atomic E-state index is 12.2. The molecule has 0 aromatic rings. The number of carbonyl (C=O) groups is 1. The zero-order valence-electron chi connectivity index (χ0n) is 31.5. The van der Waals surface area contributed by atoms with Gasteiger partial charge in [0, 0.05) is 13.0 Å². The third-order valence-electron chi connectivity index (χ3n) is 8.97. The minimum Gasteiger partial charge on any atom is -0.457 e. The van der Waals surface area contributed by atoms with E-state index in [1.54, 1.807) is 0 Å². The molecule has 1 atom stereocenters. The second-order valence-electron chi connectivity index (χ2n) is 13.7. The number of rotatable bonds is 38. The predicted molar refractivity (Wildman–Crippen MR) is 205 cm³/mol. The molecule has 0 saturated heterocycles. The Hall–Kier alpha value is -1.39. The summed E-state index contributed by atoms with van der Waals surface area (Å²) in [6.07, 6.45) is 50.5. The molecule has 0 aliphatic rings. The third kappa shape index (κ3) is 38.9. The van der Waals surface area contributed by atoms with Crippen LogP contribution in [0, 0.1) is 0 Å². The Kier molecular flexibility index (Phi) is 39.6. The van der Waals surface area contributed by atoms with Gasteiger partial charge in [-0.15, -0.1) is 0 Å². The van der Waals surface area contributed by atoms with Crippen molar-refractivity contribution >= 4 is 5.97 Å². The molecule has 0 rings (SSSR count). The zero-order valence-corrected chi connectivity index (χ0v) is 31.5. The molecule has 0 aliphatic heterocycles. The molecule has 276 valence electrons. The Balaban J connectivity index is 3.44. The fourth-order valence-electron chi connectivity index (χ4n) is 5.86. The van der Waals surface area contributed by atoms with E-state index in [1.807, 2.05) is 0 Å². The van der Waals surface area contributed by atoms with Crippen molar-refractivity contribution < 1.29 is 19.4 Å². The predicted octanol–water partition coefficient (Wildman–Crippen LogP) is 13.3. The summed E-state index contributed by atoms with van der Waals surface area (Å²) in [4.78, 5) is 12.2. The van der Waals surface area contributed by atoms with Gasteiger partial charge in [-0.05, 0) is 51.4 Å². The van der Waals surface area contributed by atoms with Gasteiger partial charge >= 0.3 is 5.97 Å². The Bertz CT molecular complexity index is 698. The summed E-state index contributed by atoms with van der Waals surface area (Å²) >= 11 is 0. The van der Waals surface area contributed by atoms with Gasteiger partial charge in [0.1, 0.15) is 6.10 Å². The molecular weight excluding hydrogens is 580 g/mol. The van der Waals surface area contributed by atoms with Crippen molar-refractivity contribution in [2.45, 2.75) is 213 Å². The number of carbonyl (C=O) groups excluding carboxylic acids is 1. The fraction of sp³-hybridized carbons (Fsp3) is 0.837. The lowest BCUT2D eigenvalue weighted by Gasteiger charge is -2.16. The highest BCUT2D eigenvalue weighted by Crippen LogP contribution is 2.14. The molecule has 0 aromatic heterocycles. The smallest absolute Gasteiger partial charge is 0.306 e. The highest BCUT2D eigenvalue weighted by atomic mass is 16.6. The van der Waals surface area contributed by atoms with E-state index in [-0.39, 0.29) is 12.6 Å². The van der Waals surface area contributed by atoms with E-state index in [4.69, 9.17) is 9.47 Å². The second-order valence-corrected chi connectivity index (χ2v) is 13.7. The summed E-state index contributed by atoms with van der Waals surface area (Å²) in [6.45, 7) is 5.32. The van der Waals surface area contributed by atoms with E-state index < -0.39 is 6.10 Å². The van der Waals surface area contributed by atoms with Crippen LogP contribution in [0.2, 0.25) is 0 Å². The molecule has 0 spiro atoms. The molecule has 0 bridgehead atoms. The standard InChI is InChI=1S/C43H80O4/c1-3-5-7-9-11-13-15-17-19-20-21-22-23-25-27-29-31-33-35-37-39-46-41-42(40-44)47-43(45)38-36-34-32-30-28-26-24-18-16-14-12-10-8-6-4-2/h11,13,17,19,21-22,42,44H,3-10,12,14-16,18,20,23-41H2,1-2H3/b13-11-,19-17-,22-21-.